The van der Waals surface area contributed by atoms with Crippen molar-refractivity contribution in [1.82, 2.24) is 4.68 Å². The van der Waals surface area contributed by atoms with Crippen LogP contribution >= 0.6 is 0 Å². The smallest absolute Gasteiger partial charge is 0.267 e. The van der Waals surface area contributed by atoms with E-state index in [9.17, 15) is 9.59 Å². The maximum Gasteiger partial charge on any atom is 0.267 e. The third-order valence-corrected chi connectivity index (χ3v) is 1.94. The Labute approximate surface area is 75.5 Å². The molecule has 0 spiro atoms. The summed E-state index contributed by atoms with van der Waals surface area (Å²) in [5.41, 5.74) is 9.49. The van der Waals surface area contributed by atoms with Crippen molar-refractivity contribution < 1.29 is 9.59 Å². The van der Waals surface area contributed by atoms with E-state index in [2.05, 4.69) is 5.43 Å². The van der Waals surface area contributed by atoms with Gasteiger partial charge in [-0.25, -0.2) is 0 Å². The highest BCUT2D eigenvalue weighted by Gasteiger charge is 2.13. The predicted molar refractivity (Wildman–Crippen MR) is 47.8 cm³/mol. The van der Waals surface area contributed by atoms with Gasteiger partial charge >= 0.3 is 0 Å². The van der Waals surface area contributed by atoms with Gasteiger partial charge in [0.05, 0.1) is 0 Å². The fraction of sp³-hybridized carbons (Fsp3) is 0.250. The van der Waals surface area contributed by atoms with E-state index in [4.69, 9.17) is 5.73 Å². The molecule has 0 atom stereocenters. The van der Waals surface area contributed by atoms with Gasteiger partial charge in [0.1, 0.15) is 5.69 Å². The monoisotopic (exact) mass is 181 g/mol. The molecule has 70 valence electrons. The van der Waals surface area contributed by atoms with Gasteiger partial charge in [-0.1, -0.05) is 0 Å². The third kappa shape index (κ3) is 1.53. The van der Waals surface area contributed by atoms with Crippen molar-refractivity contribution in [3.05, 3.63) is 23.0 Å². The van der Waals surface area contributed by atoms with Gasteiger partial charge in [0.15, 0.2) is 0 Å². The summed E-state index contributed by atoms with van der Waals surface area (Å²) < 4.78 is 1.32. The van der Waals surface area contributed by atoms with Gasteiger partial charge in [0.25, 0.3) is 5.91 Å². The second-order valence-corrected chi connectivity index (χ2v) is 2.77. The van der Waals surface area contributed by atoms with Crippen LogP contribution in [0.2, 0.25) is 0 Å². The SMILES string of the molecule is Cc1cn(NC=O)c(C(N)=O)c1C. The van der Waals surface area contributed by atoms with E-state index in [1.807, 2.05) is 6.92 Å². The molecular formula is C8H11N3O2. The number of aromatic nitrogens is 1. The number of hydrogen-bond acceptors (Lipinski definition) is 2. The predicted octanol–water partition coefficient (Wildman–Crippen LogP) is -0.0963. The lowest BCUT2D eigenvalue weighted by molar-refractivity contribution is -0.106. The van der Waals surface area contributed by atoms with E-state index in [1.165, 1.54) is 4.68 Å². The molecule has 1 rings (SSSR count). The van der Waals surface area contributed by atoms with Crippen LogP contribution in [0.5, 0.6) is 0 Å². The van der Waals surface area contributed by atoms with Crippen molar-refractivity contribution in [3.63, 3.8) is 0 Å². The summed E-state index contributed by atoms with van der Waals surface area (Å²) >= 11 is 0. The molecule has 1 heterocycles. The maximum absolute atomic E-state index is 11.0. The molecule has 0 bridgehead atoms. The van der Waals surface area contributed by atoms with Crippen LogP contribution in [-0.4, -0.2) is 17.0 Å². The Morgan fingerprint density at radius 1 is 1.62 bits per heavy atom. The molecule has 0 radical (unpaired) electrons. The van der Waals surface area contributed by atoms with Crippen molar-refractivity contribution in [3.8, 4) is 0 Å². The van der Waals surface area contributed by atoms with E-state index in [0.717, 1.165) is 11.1 Å². The van der Waals surface area contributed by atoms with E-state index in [0.29, 0.717) is 12.1 Å². The van der Waals surface area contributed by atoms with Crippen LogP contribution < -0.4 is 11.2 Å². The van der Waals surface area contributed by atoms with Crippen LogP contribution in [0.15, 0.2) is 6.20 Å². The summed E-state index contributed by atoms with van der Waals surface area (Å²) in [6, 6.07) is 0. The number of amides is 2. The van der Waals surface area contributed by atoms with Gasteiger partial charge in [-0.15, -0.1) is 0 Å². The fourth-order valence-electron chi connectivity index (χ4n) is 1.18. The number of aryl methyl sites for hydroxylation is 1. The summed E-state index contributed by atoms with van der Waals surface area (Å²) in [6.07, 6.45) is 2.13. The summed E-state index contributed by atoms with van der Waals surface area (Å²) in [5, 5.41) is 0. The fourth-order valence-corrected chi connectivity index (χ4v) is 1.18. The standard InChI is InChI=1S/C8H11N3O2/c1-5-3-11(10-4-12)7(6(5)2)8(9)13/h3-4H,1-2H3,(H2,9,13)(H,10,12). The molecule has 1 aromatic heterocycles. The first kappa shape index (κ1) is 9.31. The van der Waals surface area contributed by atoms with Crippen LogP contribution in [0.4, 0.5) is 0 Å². The van der Waals surface area contributed by atoms with Crippen molar-refractivity contribution >= 4 is 12.3 Å². The first-order chi connectivity index (χ1) is 6.07. The highest BCUT2D eigenvalue weighted by atomic mass is 16.2. The number of carbonyl (C=O) groups excluding carboxylic acids is 2. The minimum absolute atomic E-state index is 0.310. The number of carbonyl (C=O) groups is 2. The average molecular weight is 181 g/mol. The molecule has 3 N–H and O–H groups in total. The zero-order chi connectivity index (χ0) is 10.0. The normalized spacial score (nSPS) is 9.69. The average Bonchev–Trinajstić information content (AvgIpc) is 2.28. The number of nitrogens with zero attached hydrogens (tertiary/aromatic N) is 1. The number of nitrogens with two attached hydrogens (primary N) is 1. The Morgan fingerprint density at radius 3 is 2.69 bits per heavy atom. The highest BCUT2D eigenvalue weighted by Crippen LogP contribution is 2.13. The second kappa shape index (κ2) is 3.30. The van der Waals surface area contributed by atoms with Crippen LogP contribution in [0, 0.1) is 13.8 Å². The first-order valence-electron chi connectivity index (χ1n) is 3.76. The molecule has 5 heteroatoms. The summed E-state index contributed by atoms with van der Waals surface area (Å²) in [4.78, 5) is 21.2. The lowest BCUT2D eigenvalue weighted by Crippen LogP contribution is -2.23. The van der Waals surface area contributed by atoms with Crippen LogP contribution in [-0.2, 0) is 4.79 Å². The maximum atomic E-state index is 11.0. The van der Waals surface area contributed by atoms with E-state index in [1.54, 1.807) is 13.1 Å². The van der Waals surface area contributed by atoms with Crippen molar-refractivity contribution in [2.45, 2.75) is 13.8 Å². The largest absolute Gasteiger partial charge is 0.364 e. The number of primary amides is 1. The van der Waals surface area contributed by atoms with Crippen molar-refractivity contribution in [2.75, 3.05) is 5.43 Å². The quantitative estimate of drug-likeness (QED) is 0.639. The van der Waals surface area contributed by atoms with Crippen molar-refractivity contribution in [1.29, 1.82) is 0 Å². The number of hydrogen-bond donors (Lipinski definition) is 2. The lowest BCUT2D eigenvalue weighted by Gasteiger charge is -2.03. The van der Waals surface area contributed by atoms with Crippen LogP contribution in [0.25, 0.3) is 0 Å². The van der Waals surface area contributed by atoms with Gasteiger partial charge in [0, 0.05) is 6.20 Å². The Bertz CT molecular complexity index is 355. The summed E-state index contributed by atoms with van der Waals surface area (Å²) in [7, 11) is 0. The van der Waals surface area contributed by atoms with Gasteiger partial charge in [-0.3, -0.25) is 19.7 Å². The van der Waals surface area contributed by atoms with Gasteiger partial charge < -0.3 is 5.73 Å². The molecular weight excluding hydrogens is 170 g/mol. The molecule has 0 unspecified atom stereocenters. The minimum Gasteiger partial charge on any atom is -0.364 e. The van der Waals surface area contributed by atoms with Gasteiger partial charge in [-0.05, 0) is 25.0 Å². The molecule has 2 amide bonds. The van der Waals surface area contributed by atoms with E-state index in [-0.39, 0.29) is 0 Å². The molecule has 0 fully saturated rings. The Morgan fingerprint density at radius 2 is 2.23 bits per heavy atom. The van der Waals surface area contributed by atoms with Gasteiger partial charge in [-0.2, -0.15) is 0 Å². The summed E-state index contributed by atoms with van der Waals surface area (Å²) in [5.74, 6) is -0.556. The molecule has 0 saturated heterocycles. The molecule has 0 aliphatic carbocycles. The van der Waals surface area contributed by atoms with E-state index < -0.39 is 5.91 Å². The van der Waals surface area contributed by atoms with Gasteiger partial charge in [0.2, 0.25) is 6.41 Å². The molecule has 0 aliphatic rings. The van der Waals surface area contributed by atoms with Crippen LogP contribution in [0.3, 0.4) is 0 Å². The van der Waals surface area contributed by atoms with E-state index >= 15 is 0 Å². The second-order valence-electron chi connectivity index (χ2n) is 2.77. The minimum atomic E-state index is -0.556. The Hall–Kier alpha value is -1.78. The Balaban J connectivity index is 3.26. The third-order valence-electron chi connectivity index (χ3n) is 1.94. The molecule has 0 aromatic carbocycles. The zero-order valence-electron chi connectivity index (χ0n) is 7.50. The number of nitrogens with one attached hydrogen (secondary N) is 1. The molecule has 0 saturated carbocycles. The molecule has 0 aliphatic heterocycles. The van der Waals surface area contributed by atoms with Crippen molar-refractivity contribution in [2.24, 2.45) is 5.73 Å². The molecule has 5 nitrogen and oxygen atoms in total. The highest BCUT2D eigenvalue weighted by molar-refractivity contribution is 5.93. The lowest BCUT2D eigenvalue weighted by atomic mass is 10.2. The number of rotatable bonds is 3. The zero-order valence-corrected chi connectivity index (χ0v) is 7.50. The molecule has 1 aromatic rings. The summed E-state index contributed by atoms with van der Waals surface area (Å²) in [6.45, 7) is 3.61. The topological polar surface area (TPSA) is 77.1 Å². The molecule has 13 heavy (non-hydrogen) atoms. The first-order valence-corrected chi connectivity index (χ1v) is 3.76. The Kier molecular flexibility index (Phi) is 2.36. The van der Waals surface area contributed by atoms with Crippen LogP contribution in [0.1, 0.15) is 21.6 Å².